The van der Waals surface area contributed by atoms with Gasteiger partial charge in [-0.1, -0.05) is 36.4 Å². The van der Waals surface area contributed by atoms with Crippen LogP contribution in [0.2, 0.25) is 0 Å². The summed E-state index contributed by atoms with van der Waals surface area (Å²) < 4.78 is 2.02. The van der Waals surface area contributed by atoms with Gasteiger partial charge in [0.05, 0.1) is 6.54 Å². The van der Waals surface area contributed by atoms with Crippen molar-refractivity contribution in [1.82, 2.24) is 9.47 Å². The third kappa shape index (κ3) is 4.21. The minimum Gasteiger partial charge on any atom is -0.353 e. The molecule has 1 aromatic carbocycles. The van der Waals surface area contributed by atoms with E-state index in [-0.39, 0.29) is 5.91 Å². The summed E-state index contributed by atoms with van der Waals surface area (Å²) in [6, 6.07) is 13.8. The number of rotatable bonds is 6. The molecular weight excluding hydrogens is 260 g/mol. The third-order valence-electron chi connectivity index (χ3n) is 3.28. The molecular formula is C18H20N2O. The van der Waals surface area contributed by atoms with Gasteiger partial charge in [-0.25, -0.2) is 0 Å². The first-order valence-corrected chi connectivity index (χ1v) is 6.94. The quantitative estimate of drug-likeness (QED) is 0.589. The van der Waals surface area contributed by atoms with Gasteiger partial charge in [0.15, 0.2) is 0 Å². The van der Waals surface area contributed by atoms with Gasteiger partial charge in [0.1, 0.15) is 0 Å². The summed E-state index contributed by atoms with van der Waals surface area (Å²) in [7, 11) is 1.98. The van der Waals surface area contributed by atoms with Crippen LogP contribution in [0.25, 0.3) is 6.08 Å². The van der Waals surface area contributed by atoms with Gasteiger partial charge < -0.3 is 9.47 Å². The number of amides is 1. The molecule has 0 fully saturated rings. The Kier molecular flexibility index (Phi) is 5.16. The van der Waals surface area contributed by atoms with E-state index in [1.165, 1.54) is 0 Å². The Labute approximate surface area is 125 Å². The molecule has 108 valence electrons. The van der Waals surface area contributed by atoms with Crippen LogP contribution in [-0.4, -0.2) is 21.9 Å². The van der Waals surface area contributed by atoms with E-state index in [9.17, 15) is 4.79 Å². The van der Waals surface area contributed by atoms with Crippen molar-refractivity contribution in [3.05, 3.63) is 78.6 Å². The maximum Gasteiger partial charge on any atom is 0.247 e. The van der Waals surface area contributed by atoms with Crippen molar-refractivity contribution in [3.63, 3.8) is 0 Å². The fraction of sp³-hybridized carbons (Fsp3) is 0.167. The van der Waals surface area contributed by atoms with Gasteiger partial charge in [-0.05, 0) is 23.8 Å². The topological polar surface area (TPSA) is 25.2 Å². The summed E-state index contributed by atoms with van der Waals surface area (Å²) in [6.45, 7) is 4.84. The summed E-state index contributed by atoms with van der Waals surface area (Å²) >= 11 is 0. The number of carbonyl (C=O) groups is 1. The van der Waals surface area contributed by atoms with Crippen LogP contribution in [0.15, 0.2) is 67.4 Å². The van der Waals surface area contributed by atoms with E-state index in [2.05, 4.69) is 6.58 Å². The van der Waals surface area contributed by atoms with E-state index in [0.29, 0.717) is 13.1 Å². The monoisotopic (exact) mass is 280 g/mol. The largest absolute Gasteiger partial charge is 0.353 e. The summed E-state index contributed by atoms with van der Waals surface area (Å²) in [5.74, 6) is -0.0139. The van der Waals surface area contributed by atoms with E-state index >= 15 is 0 Å². The predicted molar refractivity (Wildman–Crippen MR) is 86.5 cm³/mol. The van der Waals surface area contributed by atoms with Crippen LogP contribution in [0.3, 0.4) is 0 Å². The molecule has 3 heteroatoms. The third-order valence-corrected chi connectivity index (χ3v) is 3.28. The molecule has 1 heterocycles. The Bertz CT molecular complexity index is 626. The first-order chi connectivity index (χ1) is 10.2. The summed E-state index contributed by atoms with van der Waals surface area (Å²) in [6.07, 6.45) is 7.17. The molecule has 0 saturated carbocycles. The molecule has 0 N–H and O–H groups in total. The maximum atomic E-state index is 12.3. The number of benzene rings is 1. The van der Waals surface area contributed by atoms with Crippen LogP contribution >= 0.6 is 0 Å². The van der Waals surface area contributed by atoms with Gasteiger partial charge in [0.2, 0.25) is 5.91 Å². The average molecular weight is 280 g/mol. The fourth-order valence-corrected chi connectivity index (χ4v) is 2.08. The van der Waals surface area contributed by atoms with Gasteiger partial charge in [-0.2, -0.15) is 0 Å². The Morgan fingerprint density at radius 3 is 2.62 bits per heavy atom. The lowest BCUT2D eigenvalue weighted by atomic mass is 10.2. The average Bonchev–Trinajstić information content (AvgIpc) is 2.91. The Morgan fingerprint density at radius 1 is 1.24 bits per heavy atom. The lowest BCUT2D eigenvalue weighted by Crippen LogP contribution is -2.29. The summed E-state index contributed by atoms with van der Waals surface area (Å²) in [4.78, 5) is 14.1. The molecule has 0 unspecified atom stereocenters. The van der Waals surface area contributed by atoms with E-state index in [4.69, 9.17) is 0 Å². The van der Waals surface area contributed by atoms with Crippen LogP contribution in [0.4, 0.5) is 0 Å². The molecule has 0 spiro atoms. The SMILES string of the molecule is C=CCN(Cc1cccn1C)C(=O)/C=C/c1ccccc1. The van der Waals surface area contributed by atoms with Crippen LogP contribution in [-0.2, 0) is 18.4 Å². The number of carbonyl (C=O) groups excluding carboxylic acids is 1. The summed E-state index contributed by atoms with van der Waals surface area (Å²) in [5, 5.41) is 0. The molecule has 0 saturated heterocycles. The molecule has 0 atom stereocenters. The highest BCUT2D eigenvalue weighted by molar-refractivity contribution is 5.91. The van der Waals surface area contributed by atoms with Gasteiger partial charge in [-0.15, -0.1) is 6.58 Å². The van der Waals surface area contributed by atoms with Crippen molar-refractivity contribution in [1.29, 1.82) is 0 Å². The lowest BCUT2D eigenvalue weighted by Gasteiger charge is -2.19. The van der Waals surface area contributed by atoms with Crippen molar-refractivity contribution in [3.8, 4) is 0 Å². The van der Waals surface area contributed by atoms with Gasteiger partial charge >= 0.3 is 0 Å². The summed E-state index contributed by atoms with van der Waals surface area (Å²) in [5.41, 5.74) is 2.11. The van der Waals surface area contributed by atoms with E-state index in [1.54, 1.807) is 17.1 Å². The first-order valence-electron chi connectivity index (χ1n) is 6.94. The van der Waals surface area contributed by atoms with Crippen molar-refractivity contribution in [2.45, 2.75) is 6.54 Å². The van der Waals surface area contributed by atoms with Crippen LogP contribution < -0.4 is 0 Å². The van der Waals surface area contributed by atoms with Gasteiger partial charge in [0.25, 0.3) is 0 Å². The van der Waals surface area contributed by atoms with Crippen molar-refractivity contribution < 1.29 is 4.79 Å². The highest BCUT2D eigenvalue weighted by Crippen LogP contribution is 2.07. The molecule has 0 bridgehead atoms. The second kappa shape index (κ2) is 7.29. The lowest BCUT2D eigenvalue weighted by molar-refractivity contribution is -0.126. The zero-order valence-electron chi connectivity index (χ0n) is 12.3. The Hall–Kier alpha value is -2.55. The Balaban J connectivity index is 2.07. The fourth-order valence-electron chi connectivity index (χ4n) is 2.08. The molecule has 0 radical (unpaired) electrons. The molecule has 1 aromatic heterocycles. The molecule has 21 heavy (non-hydrogen) atoms. The second-order valence-corrected chi connectivity index (χ2v) is 4.86. The van der Waals surface area contributed by atoms with Crippen LogP contribution in [0.1, 0.15) is 11.3 Å². The van der Waals surface area contributed by atoms with Gasteiger partial charge in [-0.3, -0.25) is 4.79 Å². The number of nitrogens with zero attached hydrogens (tertiary/aromatic N) is 2. The number of hydrogen-bond acceptors (Lipinski definition) is 1. The van der Waals surface area contributed by atoms with E-state index < -0.39 is 0 Å². The van der Waals surface area contributed by atoms with E-state index in [1.807, 2.05) is 66.4 Å². The second-order valence-electron chi connectivity index (χ2n) is 4.86. The molecule has 2 aromatic rings. The van der Waals surface area contributed by atoms with Crippen LogP contribution in [0, 0.1) is 0 Å². The molecule has 0 aliphatic carbocycles. The van der Waals surface area contributed by atoms with Gasteiger partial charge in [0, 0.05) is 31.6 Å². The van der Waals surface area contributed by atoms with E-state index in [0.717, 1.165) is 11.3 Å². The molecule has 0 aliphatic heterocycles. The first kappa shape index (κ1) is 14.9. The number of aryl methyl sites for hydroxylation is 1. The zero-order valence-corrected chi connectivity index (χ0v) is 12.3. The van der Waals surface area contributed by atoms with Crippen molar-refractivity contribution in [2.24, 2.45) is 7.05 Å². The van der Waals surface area contributed by atoms with Crippen LogP contribution in [0.5, 0.6) is 0 Å². The minimum atomic E-state index is -0.0139. The normalized spacial score (nSPS) is 10.7. The zero-order chi connectivity index (χ0) is 15.1. The smallest absolute Gasteiger partial charge is 0.247 e. The standard InChI is InChI=1S/C18H20N2O/c1-3-13-20(15-17-10-7-14-19(17)2)18(21)12-11-16-8-5-4-6-9-16/h3-12,14H,1,13,15H2,2H3/b12-11+. The predicted octanol–water partition coefficient (Wildman–Crippen LogP) is 3.25. The Morgan fingerprint density at radius 2 is 2.00 bits per heavy atom. The number of aromatic nitrogens is 1. The molecule has 0 aliphatic rings. The van der Waals surface area contributed by atoms with Crippen molar-refractivity contribution in [2.75, 3.05) is 6.54 Å². The highest BCUT2D eigenvalue weighted by Gasteiger charge is 2.11. The molecule has 2 rings (SSSR count). The highest BCUT2D eigenvalue weighted by atomic mass is 16.2. The maximum absolute atomic E-state index is 12.3. The number of hydrogen-bond donors (Lipinski definition) is 0. The minimum absolute atomic E-state index is 0.0139. The van der Waals surface area contributed by atoms with Crippen molar-refractivity contribution >= 4 is 12.0 Å². The molecule has 3 nitrogen and oxygen atoms in total. The molecule has 1 amide bonds.